The summed E-state index contributed by atoms with van der Waals surface area (Å²) in [6.07, 6.45) is 3.60. The first-order valence-electron chi connectivity index (χ1n) is 6.52. The molecule has 4 nitrogen and oxygen atoms in total. The van der Waals surface area contributed by atoms with Crippen LogP contribution in [-0.4, -0.2) is 23.3 Å². The number of carbonyl (C=O) groups is 1. The Morgan fingerprint density at radius 3 is 2.79 bits per heavy atom. The van der Waals surface area contributed by atoms with Crippen LogP contribution in [0.5, 0.6) is 0 Å². The minimum absolute atomic E-state index is 0.276. The number of anilines is 1. The molecule has 1 aliphatic rings. The number of nitrogens with one attached hydrogen (secondary N) is 2. The minimum atomic E-state index is -0.719. The molecule has 104 valence electrons. The van der Waals surface area contributed by atoms with Crippen LogP contribution in [0.1, 0.15) is 31.2 Å². The van der Waals surface area contributed by atoms with Crippen molar-refractivity contribution < 1.29 is 9.90 Å². The number of hydrogen-bond acceptors (Lipinski definition) is 2. The molecule has 0 radical (unpaired) electrons. The average Bonchev–Trinajstić information content (AvgIpc) is 2.79. The maximum absolute atomic E-state index is 11.8. The van der Waals surface area contributed by atoms with Crippen molar-refractivity contribution >= 4 is 27.6 Å². The van der Waals surface area contributed by atoms with E-state index in [1.807, 2.05) is 25.1 Å². The van der Waals surface area contributed by atoms with E-state index in [1.54, 1.807) is 0 Å². The van der Waals surface area contributed by atoms with Crippen molar-refractivity contribution in [3.8, 4) is 0 Å². The van der Waals surface area contributed by atoms with Crippen LogP contribution in [0.25, 0.3) is 0 Å². The molecular formula is C14H19BrN2O2. The van der Waals surface area contributed by atoms with Gasteiger partial charge in [-0.1, -0.05) is 34.8 Å². The maximum Gasteiger partial charge on any atom is 0.319 e. The second kappa shape index (κ2) is 5.92. The van der Waals surface area contributed by atoms with Crippen molar-refractivity contribution in [3.05, 3.63) is 28.2 Å². The molecule has 2 rings (SSSR count). The van der Waals surface area contributed by atoms with E-state index < -0.39 is 5.60 Å². The van der Waals surface area contributed by atoms with E-state index in [0.717, 1.165) is 41.4 Å². The summed E-state index contributed by atoms with van der Waals surface area (Å²) in [6, 6.07) is 5.45. The molecule has 1 aromatic rings. The summed E-state index contributed by atoms with van der Waals surface area (Å²) in [6.45, 7) is 2.25. The van der Waals surface area contributed by atoms with Gasteiger partial charge in [-0.2, -0.15) is 0 Å². The number of benzene rings is 1. The minimum Gasteiger partial charge on any atom is -0.388 e. The van der Waals surface area contributed by atoms with E-state index in [2.05, 4.69) is 26.6 Å². The number of aryl methyl sites for hydroxylation is 1. The highest BCUT2D eigenvalue weighted by Crippen LogP contribution is 2.28. The Kier molecular flexibility index (Phi) is 4.47. The molecule has 0 heterocycles. The van der Waals surface area contributed by atoms with Gasteiger partial charge in [0.1, 0.15) is 0 Å². The zero-order valence-electron chi connectivity index (χ0n) is 11.0. The van der Waals surface area contributed by atoms with E-state index in [4.69, 9.17) is 0 Å². The van der Waals surface area contributed by atoms with Crippen molar-refractivity contribution in [2.75, 3.05) is 11.9 Å². The highest BCUT2D eigenvalue weighted by atomic mass is 79.9. The lowest BCUT2D eigenvalue weighted by molar-refractivity contribution is 0.0506. The summed E-state index contributed by atoms with van der Waals surface area (Å²) < 4.78 is 0.919. The molecule has 0 bridgehead atoms. The molecule has 0 saturated heterocycles. The predicted octanol–water partition coefficient (Wildman–Crippen LogP) is 3.18. The molecule has 0 aliphatic heterocycles. The van der Waals surface area contributed by atoms with Gasteiger partial charge in [0.15, 0.2) is 0 Å². The number of carbonyl (C=O) groups excluding carboxylic acids is 1. The SMILES string of the molecule is Cc1ccc(Br)cc1NC(=O)NCC1(O)CCCC1. The summed E-state index contributed by atoms with van der Waals surface area (Å²) >= 11 is 3.38. The second-order valence-electron chi connectivity index (χ2n) is 5.20. The molecule has 0 aromatic heterocycles. The standard InChI is InChI=1S/C14H19BrN2O2/c1-10-4-5-11(15)8-12(10)17-13(18)16-9-14(19)6-2-3-7-14/h4-5,8,19H,2-3,6-7,9H2,1H3,(H2,16,17,18). The molecule has 3 N–H and O–H groups in total. The first-order chi connectivity index (χ1) is 8.98. The van der Waals surface area contributed by atoms with Gasteiger partial charge in [0, 0.05) is 16.7 Å². The molecular weight excluding hydrogens is 308 g/mol. The Balaban J connectivity index is 1.89. The molecule has 1 saturated carbocycles. The van der Waals surface area contributed by atoms with Crippen LogP contribution in [0.2, 0.25) is 0 Å². The summed E-state index contributed by atoms with van der Waals surface area (Å²) in [4.78, 5) is 11.8. The molecule has 0 spiro atoms. The maximum atomic E-state index is 11.8. The number of amides is 2. The van der Waals surface area contributed by atoms with Crippen molar-refractivity contribution in [1.82, 2.24) is 5.32 Å². The van der Waals surface area contributed by atoms with Gasteiger partial charge in [0.25, 0.3) is 0 Å². The molecule has 19 heavy (non-hydrogen) atoms. The number of rotatable bonds is 3. The average molecular weight is 327 g/mol. The topological polar surface area (TPSA) is 61.4 Å². The highest BCUT2D eigenvalue weighted by molar-refractivity contribution is 9.10. The van der Waals surface area contributed by atoms with Gasteiger partial charge >= 0.3 is 6.03 Å². The summed E-state index contributed by atoms with van der Waals surface area (Å²) in [5.74, 6) is 0. The Morgan fingerprint density at radius 2 is 2.11 bits per heavy atom. The van der Waals surface area contributed by atoms with Gasteiger partial charge in [0.2, 0.25) is 0 Å². The molecule has 1 fully saturated rings. The van der Waals surface area contributed by atoms with Crippen molar-refractivity contribution in [2.24, 2.45) is 0 Å². The molecule has 1 aromatic carbocycles. The fourth-order valence-electron chi connectivity index (χ4n) is 2.35. The number of urea groups is 1. The lowest BCUT2D eigenvalue weighted by atomic mass is 10.0. The fourth-order valence-corrected chi connectivity index (χ4v) is 2.71. The fraction of sp³-hybridized carbons (Fsp3) is 0.500. The van der Waals surface area contributed by atoms with E-state index in [1.165, 1.54) is 0 Å². The Labute approximate surface area is 121 Å². The highest BCUT2D eigenvalue weighted by Gasteiger charge is 2.31. The van der Waals surface area contributed by atoms with Crippen LogP contribution < -0.4 is 10.6 Å². The lowest BCUT2D eigenvalue weighted by Crippen LogP contribution is -2.42. The third-order valence-electron chi connectivity index (χ3n) is 3.56. The molecule has 5 heteroatoms. The quantitative estimate of drug-likeness (QED) is 0.798. The van der Waals surface area contributed by atoms with Gasteiger partial charge < -0.3 is 15.7 Å². The monoisotopic (exact) mass is 326 g/mol. The summed E-state index contributed by atoms with van der Waals surface area (Å²) in [5.41, 5.74) is 1.05. The van der Waals surface area contributed by atoms with Gasteiger partial charge in [-0.25, -0.2) is 4.79 Å². The van der Waals surface area contributed by atoms with Crippen LogP contribution in [0.3, 0.4) is 0 Å². The number of halogens is 1. The van der Waals surface area contributed by atoms with Crippen LogP contribution in [0, 0.1) is 6.92 Å². The van der Waals surface area contributed by atoms with Gasteiger partial charge in [0.05, 0.1) is 5.60 Å². The van der Waals surface area contributed by atoms with Crippen LogP contribution >= 0.6 is 15.9 Å². The third kappa shape index (κ3) is 3.94. The molecule has 1 aliphatic carbocycles. The normalized spacial score (nSPS) is 17.2. The second-order valence-corrected chi connectivity index (χ2v) is 6.11. The Bertz CT molecular complexity index is 471. The number of hydrogen-bond donors (Lipinski definition) is 3. The molecule has 0 atom stereocenters. The van der Waals surface area contributed by atoms with Gasteiger partial charge in [-0.05, 0) is 37.5 Å². The number of aliphatic hydroxyl groups is 1. The smallest absolute Gasteiger partial charge is 0.319 e. The molecule has 2 amide bonds. The lowest BCUT2D eigenvalue weighted by Gasteiger charge is -2.22. The zero-order chi connectivity index (χ0) is 13.9. The zero-order valence-corrected chi connectivity index (χ0v) is 12.6. The van der Waals surface area contributed by atoms with Gasteiger partial charge in [-0.3, -0.25) is 0 Å². The molecule has 0 unspecified atom stereocenters. The predicted molar refractivity (Wildman–Crippen MR) is 79.3 cm³/mol. The first kappa shape index (κ1) is 14.3. The van der Waals surface area contributed by atoms with Crippen molar-refractivity contribution in [3.63, 3.8) is 0 Å². The Morgan fingerprint density at radius 1 is 1.42 bits per heavy atom. The van der Waals surface area contributed by atoms with E-state index in [0.29, 0.717) is 6.54 Å². The Hall–Kier alpha value is -1.07. The van der Waals surface area contributed by atoms with Crippen molar-refractivity contribution in [2.45, 2.75) is 38.2 Å². The largest absolute Gasteiger partial charge is 0.388 e. The summed E-state index contributed by atoms with van der Waals surface area (Å²) in [7, 11) is 0. The summed E-state index contributed by atoms with van der Waals surface area (Å²) in [5, 5.41) is 15.7. The van der Waals surface area contributed by atoms with Crippen LogP contribution in [0.15, 0.2) is 22.7 Å². The first-order valence-corrected chi connectivity index (χ1v) is 7.31. The van der Waals surface area contributed by atoms with E-state index in [9.17, 15) is 9.90 Å². The van der Waals surface area contributed by atoms with Crippen molar-refractivity contribution in [1.29, 1.82) is 0 Å². The van der Waals surface area contributed by atoms with Gasteiger partial charge in [-0.15, -0.1) is 0 Å². The van der Waals surface area contributed by atoms with Crippen LogP contribution in [-0.2, 0) is 0 Å². The third-order valence-corrected chi connectivity index (χ3v) is 4.05. The van der Waals surface area contributed by atoms with E-state index in [-0.39, 0.29) is 6.03 Å². The van der Waals surface area contributed by atoms with Crippen LogP contribution in [0.4, 0.5) is 10.5 Å². The van der Waals surface area contributed by atoms with E-state index >= 15 is 0 Å².